The van der Waals surface area contributed by atoms with E-state index in [4.69, 9.17) is 4.74 Å². The molecule has 1 aromatic heterocycles. The molecular formula is C15H17BrN2O3S. The Kier molecular flexibility index (Phi) is 5.55. The van der Waals surface area contributed by atoms with Crippen molar-refractivity contribution in [2.24, 2.45) is 0 Å². The highest BCUT2D eigenvalue weighted by Gasteiger charge is 2.25. The lowest BCUT2D eigenvalue weighted by Crippen LogP contribution is -2.29. The second kappa shape index (κ2) is 7.21. The van der Waals surface area contributed by atoms with Crippen LogP contribution in [-0.4, -0.2) is 38.4 Å². The molecule has 22 heavy (non-hydrogen) atoms. The van der Waals surface area contributed by atoms with Crippen molar-refractivity contribution in [3.8, 4) is 5.75 Å². The Balaban J connectivity index is 2.21. The van der Waals surface area contributed by atoms with Crippen LogP contribution in [0.5, 0.6) is 5.75 Å². The van der Waals surface area contributed by atoms with Crippen molar-refractivity contribution in [3.63, 3.8) is 0 Å². The Labute approximate surface area is 139 Å². The molecule has 2 aromatic rings. The first kappa shape index (κ1) is 16.9. The van der Waals surface area contributed by atoms with E-state index < -0.39 is 10.0 Å². The number of aromatic nitrogens is 1. The zero-order valence-corrected chi connectivity index (χ0v) is 14.8. The van der Waals surface area contributed by atoms with Gasteiger partial charge in [0, 0.05) is 36.4 Å². The van der Waals surface area contributed by atoms with Gasteiger partial charge in [0.2, 0.25) is 10.0 Å². The first-order valence-corrected chi connectivity index (χ1v) is 8.88. The quantitative estimate of drug-likeness (QED) is 0.767. The molecule has 0 unspecified atom stereocenters. The van der Waals surface area contributed by atoms with Crippen molar-refractivity contribution >= 4 is 26.0 Å². The van der Waals surface area contributed by atoms with Crippen LogP contribution in [0, 0.1) is 0 Å². The lowest BCUT2D eigenvalue weighted by atomic mass is 10.3. The third-order valence-corrected chi connectivity index (χ3v) is 5.59. The molecule has 0 radical (unpaired) electrons. The van der Waals surface area contributed by atoms with E-state index in [0.717, 1.165) is 5.69 Å². The first-order chi connectivity index (χ1) is 10.4. The largest absolute Gasteiger partial charge is 0.495 e. The fourth-order valence-corrected chi connectivity index (χ4v) is 3.82. The lowest BCUT2D eigenvalue weighted by Gasteiger charge is -2.19. The summed E-state index contributed by atoms with van der Waals surface area (Å²) in [6, 6.07) is 10.5. The zero-order valence-electron chi connectivity index (χ0n) is 12.4. The molecule has 7 heteroatoms. The summed E-state index contributed by atoms with van der Waals surface area (Å²) in [5, 5.41) is 0. The second-order valence-corrected chi connectivity index (χ2v) is 7.62. The SMILES string of the molecule is COc1ccc(Br)cc1S(=O)(=O)N(C)CCc1ccccn1. The van der Waals surface area contributed by atoms with E-state index in [1.54, 1.807) is 31.4 Å². The van der Waals surface area contributed by atoms with Crippen LogP contribution < -0.4 is 4.74 Å². The lowest BCUT2D eigenvalue weighted by molar-refractivity contribution is 0.398. The van der Waals surface area contributed by atoms with Crippen molar-refractivity contribution in [1.29, 1.82) is 0 Å². The van der Waals surface area contributed by atoms with E-state index in [-0.39, 0.29) is 4.90 Å². The molecule has 0 spiro atoms. The summed E-state index contributed by atoms with van der Waals surface area (Å²) < 4.78 is 32.5. The maximum Gasteiger partial charge on any atom is 0.246 e. The normalized spacial score (nSPS) is 11.6. The van der Waals surface area contributed by atoms with Gasteiger partial charge in [-0.15, -0.1) is 0 Å². The monoisotopic (exact) mass is 384 g/mol. The Bertz CT molecular complexity index is 736. The fraction of sp³-hybridized carbons (Fsp3) is 0.267. The molecule has 1 heterocycles. The molecule has 118 valence electrons. The van der Waals surface area contributed by atoms with Crippen LogP contribution >= 0.6 is 15.9 Å². The molecule has 0 amide bonds. The van der Waals surface area contributed by atoms with Crippen LogP contribution in [0.25, 0.3) is 0 Å². The molecule has 5 nitrogen and oxygen atoms in total. The van der Waals surface area contributed by atoms with E-state index in [1.807, 2.05) is 18.2 Å². The number of ether oxygens (including phenoxy) is 1. The molecule has 0 atom stereocenters. The second-order valence-electron chi connectivity index (χ2n) is 4.69. The van der Waals surface area contributed by atoms with Gasteiger partial charge >= 0.3 is 0 Å². The van der Waals surface area contributed by atoms with Crippen molar-refractivity contribution in [2.45, 2.75) is 11.3 Å². The number of pyridine rings is 1. The standard InChI is InChI=1S/C15H17BrN2O3S/c1-18(10-8-13-5-3-4-9-17-13)22(19,20)15-11-12(16)6-7-14(15)21-2/h3-7,9,11H,8,10H2,1-2H3. The Morgan fingerprint density at radius 3 is 2.68 bits per heavy atom. The Morgan fingerprint density at radius 2 is 2.05 bits per heavy atom. The molecule has 0 N–H and O–H groups in total. The summed E-state index contributed by atoms with van der Waals surface area (Å²) >= 11 is 3.29. The van der Waals surface area contributed by atoms with Gasteiger partial charge < -0.3 is 4.74 Å². The third kappa shape index (κ3) is 3.85. The van der Waals surface area contributed by atoms with Gasteiger partial charge in [-0.05, 0) is 30.3 Å². The number of likely N-dealkylation sites (N-methyl/N-ethyl adjacent to an activating group) is 1. The highest BCUT2D eigenvalue weighted by Crippen LogP contribution is 2.29. The summed E-state index contributed by atoms with van der Waals surface area (Å²) in [5.41, 5.74) is 0.853. The van der Waals surface area contributed by atoms with E-state index in [1.165, 1.54) is 11.4 Å². The maximum absolute atomic E-state index is 12.7. The topological polar surface area (TPSA) is 59.5 Å². The summed E-state index contributed by atoms with van der Waals surface area (Å²) in [4.78, 5) is 4.35. The van der Waals surface area contributed by atoms with Gasteiger partial charge in [0.1, 0.15) is 10.6 Å². The number of nitrogens with zero attached hydrogens (tertiary/aromatic N) is 2. The number of benzene rings is 1. The van der Waals surface area contributed by atoms with E-state index in [9.17, 15) is 8.42 Å². The summed E-state index contributed by atoms with van der Waals surface area (Å²) in [7, 11) is -0.615. The average molecular weight is 385 g/mol. The number of methoxy groups -OCH3 is 1. The molecule has 2 rings (SSSR count). The van der Waals surface area contributed by atoms with E-state index in [2.05, 4.69) is 20.9 Å². The molecule has 0 saturated carbocycles. The molecule has 0 fully saturated rings. The maximum atomic E-state index is 12.7. The van der Waals surface area contributed by atoms with Crippen molar-refractivity contribution in [3.05, 3.63) is 52.8 Å². The Morgan fingerprint density at radius 1 is 1.27 bits per heavy atom. The smallest absolute Gasteiger partial charge is 0.246 e. The minimum absolute atomic E-state index is 0.146. The highest BCUT2D eigenvalue weighted by molar-refractivity contribution is 9.10. The average Bonchev–Trinajstić information content (AvgIpc) is 2.53. The molecule has 0 aliphatic rings. The van der Waals surface area contributed by atoms with Crippen LogP contribution in [0.4, 0.5) is 0 Å². The van der Waals surface area contributed by atoms with Gasteiger partial charge in [-0.1, -0.05) is 22.0 Å². The van der Waals surface area contributed by atoms with Gasteiger partial charge in [0.05, 0.1) is 7.11 Å². The predicted molar refractivity (Wildman–Crippen MR) is 88.5 cm³/mol. The number of sulfonamides is 1. The fourth-order valence-electron chi connectivity index (χ4n) is 1.96. The minimum Gasteiger partial charge on any atom is -0.495 e. The number of halogens is 1. The predicted octanol–water partition coefficient (Wildman–Crippen LogP) is 2.72. The highest BCUT2D eigenvalue weighted by atomic mass is 79.9. The van der Waals surface area contributed by atoms with Crippen molar-refractivity contribution in [2.75, 3.05) is 20.7 Å². The van der Waals surface area contributed by atoms with Crippen LogP contribution in [0.15, 0.2) is 52.0 Å². The van der Waals surface area contributed by atoms with Gasteiger partial charge in [-0.3, -0.25) is 4.98 Å². The van der Waals surface area contributed by atoms with Gasteiger partial charge in [-0.25, -0.2) is 12.7 Å². The van der Waals surface area contributed by atoms with Gasteiger partial charge in [0.15, 0.2) is 0 Å². The number of hydrogen-bond acceptors (Lipinski definition) is 4. The van der Waals surface area contributed by atoms with Gasteiger partial charge in [0.25, 0.3) is 0 Å². The number of rotatable bonds is 6. The van der Waals surface area contributed by atoms with Crippen LogP contribution in [0.2, 0.25) is 0 Å². The molecule has 1 aromatic carbocycles. The first-order valence-electron chi connectivity index (χ1n) is 6.65. The summed E-state index contributed by atoms with van der Waals surface area (Å²) in [6.45, 7) is 0.342. The van der Waals surface area contributed by atoms with Crippen LogP contribution in [0.3, 0.4) is 0 Å². The zero-order chi connectivity index (χ0) is 16.2. The summed E-state index contributed by atoms with van der Waals surface area (Å²) in [5.74, 6) is 0.327. The van der Waals surface area contributed by atoms with Gasteiger partial charge in [-0.2, -0.15) is 0 Å². The third-order valence-electron chi connectivity index (χ3n) is 3.22. The molecular weight excluding hydrogens is 368 g/mol. The number of hydrogen-bond donors (Lipinski definition) is 0. The summed E-state index contributed by atoms with van der Waals surface area (Å²) in [6.07, 6.45) is 2.24. The Hall–Kier alpha value is -1.44. The minimum atomic E-state index is -3.62. The van der Waals surface area contributed by atoms with Crippen LogP contribution in [0.1, 0.15) is 5.69 Å². The molecule has 0 aliphatic carbocycles. The van der Waals surface area contributed by atoms with Crippen molar-refractivity contribution in [1.82, 2.24) is 9.29 Å². The molecule has 0 bridgehead atoms. The van der Waals surface area contributed by atoms with E-state index in [0.29, 0.717) is 23.2 Å². The van der Waals surface area contributed by atoms with Crippen LogP contribution in [-0.2, 0) is 16.4 Å². The van der Waals surface area contributed by atoms with Crippen molar-refractivity contribution < 1.29 is 13.2 Å². The molecule has 0 aliphatic heterocycles. The van der Waals surface area contributed by atoms with E-state index >= 15 is 0 Å². The molecule has 0 saturated heterocycles.